The van der Waals surface area contributed by atoms with Crippen LogP contribution in [0.2, 0.25) is 0 Å². The Hall–Kier alpha value is -10.5. The van der Waals surface area contributed by atoms with Crippen molar-refractivity contribution >= 4 is 56.3 Å². The highest BCUT2D eigenvalue weighted by Crippen LogP contribution is 2.44. The number of rotatable bonds is 20. The molecule has 0 saturated carbocycles. The number of carboxylic acids is 1. The Morgan fingerprint density at radius 3 is 1.14 bits per heavy atom. The lowest BCUT2D eigenvalue weighted by Crippen LogP contribution is -2.36. The molecule has 0 amide bonds. The minimum Gasteiger partial charge on any atom is -0.480 e. The average Bonchev–Trinajstić information content (AvgIpc) is 1.70. The molecule has 554 valence electrons. The fourth-order valence-electron chi connectivity index (χ4n) is 15.6. The quantitative estimate of drug-likeness (QED) is 0.0557. The molecule has 8 heterocycles. The van der Waals surface area contributed by atoms with Crippen molar-refractivity contribution in [2.45, 2.75) is 131 Å². The third-order valence-electron chi connectivity index (χ3n) is 21.1. The highest BCUT2D eigenvalue weighted by Gasteiger charge is 2.35. The summed E-state index contributed by atoms with van der Waals surface area (Å²) >= 11 is 0. The second-order valence-corrected chi connectivity index (χ2v) is 27.7. The molecule has 2 atom stereocenters. The van der Waals surface area contributed by atoms with Gasteiger partial charge in [-0.05, 0) is 211 Å². The zero-order valence-electron chi connectivity index (χ0n) is 59.2. The SMILES string of the molecule is COC(=O)[C@@H]1CCCN1Cc1cc2nc(-c3cccc(-c4cccc(-c5nc6cc(CN7CCCC7)c(F)c(F)c6o5)c4C)c3C)oc2cc1OC(F)F.Cc1c(-c2nc3cc(CN4CCC[C@H]4C(=O)O)c(OC(F)F)cc3o2)cccc1-c1cccc(-c2nc3cc(CN4CCCC4)c(F)c(F)c3o2)c1C. The molecule has 16 rings (SSSR count). The normalized spacial score (nSPS) is 16.8. The van der Waals surface area contributed by atoms with Gasteiger partial charge in [0.25, 0.3) is 0 Å². The van der Waals surface area contributed by atoms with Gasteiger partial charge in [0.2, 0.25) is 35.2 Å². The number of aliphatic carboxylic acids is 1. The number of methoxy groups -OCH3 is 1. The summed E-state index contributed by atoms with van der Waals surface area (Å²) in [6, 6.07) is 30.6. The number of carboxylic acid groups (broad SMARTS) is 1. The summed E-state index contributed by atoms with van der Waals surface area (Å²) in [5.74, 6) is -4.52. The van der Waals surface area contributed by atoms with E-state index in [0.29, 0.717) is 89.9 Å². The number of alkyl halides is 4. The number of hydrogen-bond acceptors (Lipinski definition) is 17. The van der Waals surface area contributed by atoms with Crippen LogP contribution in [0.5, 0.6) is 11.5 Å². The lowest BCUT2D eigenvalue weighted by atomic mass is 9.91. The molecule has 4 fully saturated rings. The summed E-state index contributed by atoms with van der Waals surface area (Å²) in [5, 5.41) is 9.64. The first-order valence-corrected chi connectivity index (χ1v) is 35.6. The fraction of sp³-hybridized carbons (Fsp3) is 0.333. The number of carbonyl (C=O) groups is 2. The summed E-state index contributed by atoms with van der Waals surface area (Å²) in [6.07, 6.45) is 6.68. The molecule has 1 N–H and O–H groups in total. The number of benzene rings is 8. The Bertz CT molecular complexity index is 5410. The number of likely N-dealkylation sites (tertiary alicyclic amines) is 4. The van der Waals surface area contributed by atoms with Gasteiger partial charge in [0, 0.05) is 82.8 Å². The first kappa shape index (κ1) is 72.0. The molecule has 0 spiro atoms. The second kappa shape index (κ2) is 30.0. The van der Waals surface area contributed by atoms with Gasteiger partial charge >= 0.3 is 25.2 Å². The van der Waals surface area contributed by atoms with Crippen LogP contribution in [-0.4, -0.2) is 128 Å². The molecule has 8 aromatic carbocycles. The molecular weight excluding hydrogens is 1400 g/mol. The van der Waals surface area contributed by atoms with Crippen molar-refractivity contribution in [3.63, 3.8) is 0 Å². The summed E-state index contributed by atoms with van der Waals surface area (Å²) in [6.45, 7) is 6.92. The van der Waals surface area contributed by atoms with Crippen molar-refractivity contribution in [1.82, 2.24) is 39.5 Å². The van der Waals surface area contributed by atoms with Crippen LogP contribution in [0.25, 0.3) is 112 Å². The van der Waals surface area contributed by atoms with Gasteiger partial charge in [-0.2, -0.15) is 26.3 Å². The first-order valence-electron chi connectivity index (χ1n) is 35.6. The van der Waals surface area contributed by atoms with E-state index >= 15 is 17.6 Å². The Kier molecular flexibility index (Phi) is 20.2. The molecule has 0 aliphatic carbocycles. The topological polar surface area (TPSA) is 199 Å². The van der Waals surface area contributed by atoms with Crippen LogP contribution in [0.15, 0.2) is 127 Å². The Morgan fingerprint density at radius 1 is 0.439 bits per heavy atom. The van der Waals surface area contributed by atoms with E-state index in [-0.39, 0.29) is 98.6 Å². The summed E-state index contributed by atoms with van der Waals surface area (Å²) in [4.78, 5) is 50.6. The molecule has 4 aromatic heterocycles. The highest BCUT2D eigenvalue weighted by atomic mass is 19.3. The number of nitrogens with zero attached hydrogens (tertiary/aromatic N) is 8. The van der Waals surface area contributed by atoms with Crippen molar-refractivity contribution < 1.29 is 81.7 Å². The van der Waals surface area contributed by atoms with E-state index in [9.17, 15) is 32.3 Å². The molecule has 0 bridgehead atoms. The van der Waals surface area contributed by atoms with Gasteiger partial charge in [-0.1, -0.05) is 48.5 Å². The first-order chi connectivity index (χ1) is 51.6. The molecule has 0 radical (unpaired) electrons. The van der Waals surface area contributed by atoms with Crippen molar-refractivity contribution in [3.05, 3.63) is 177 Å². The van der Waals surface area contributed by atoms with E-state index in [1.165, 1.54) is 19.2 Å². The van der Waals surface area contributed by atoms with E-state index in [4.69, 9.17) is 41.8 Å². The lowest BCUT2D eigenvalue weighted by molar-refractivity contribution is -0.146. The van der Waals surface area contributed by atoms with Gasteiger partial charge in [-0.15, -0.1) is 0 Å². The third kappa shape index (κ3) is 14.3. The van der Waals surface area contributed by atoms with Crippen LogP contribution in [0.3, 0.4) is 0 Å². The monoisotopic (exact) mass is 1470 g/mol. The summed E-state index contributed by atoms with van der Waals surface area (Å²) < 4.78 is 154. The van der Waals surface area contributed by atoms with E-state index in [0.717, 1.165) is 103 Å². The average molecular weight is 1470 g/mol. The van der Waals surface area contributed by atoms with E-state index < -0.39 is 54.5 Å². The number of carbonyl (C=O) groups excluding carboxylic acids is 1. The van der Waals surface area contributed by atoms with Gasteiger partial charge in [0.15, 0.2) is 34.0 Å². The van der Waals surface area contributed by atoms with Crippen LogP contribution in [0.1, 0.15) is 95.9 Å². The van der Waals surface area contributed by atoms with Crippen molar-refractivity contribution in [1.29, 1.82) is 0 Å². The standard InChI is InChI=1S/C41H38F4N4O5.C40H36F4N4O5/c1-22-26(27-10-7-12-29(23(27)2)39-47-31-18-25(20-48-14-4-5-15-48)35(42)36(43)37(31)54-39)9-6-11-28(22)38-46-30-17-24(33(53-41(44)45)19-34(30)52-38)21-49-16-8-13-32(49)40(50)51-3;1-21-25(26-9-6-11-28(22(26)2)38-46-30-17-24(19-47-13-3-4-14-47)34(41)35(42)36(30)53-38)8-5-10-27(21)37-45-29-16-23(20-48-15-7-12-31(48)39(49)50)32(52-40(43)44)18-33(29)51-37/h6-7,9-12,17-19,32,41H,4-5,8,13-16,20-21H2,1-3H3;5-6,8-11,16-18,31,40H,3-4,7,12-15,19-20H2,1-2H3,(H,49,50)/t32-;31-/m00/s1. The number of halogens is 8. The molecule has 107 heavy (non-hydrogen) atoms. The van der Waals surface area contributed by atoms with E-state index in [1.54, 1.807) is 29.2 Å². The molecule has 18 nitrogen and oxygen atoms in total. The highest BCUT2D eigenvalue weighted by molar-refractivity contribution is 5.88. The number of hydrogen-bond donors (Lipinski definition) is 1. The third-order valence-corrected chi connectivity index (χ3v) is 21.1. The zero-order chi connectivity index (χ0) is 74.6. The Balaban J connectivity index is 0.000000171. The maximum absolute atomic E-state index is 15.3. The largest absolute Gasteiger partial charge is 0.480 e. The molecule has 4 saturated heterocycles. The van der Waals surface area contributed by atoms with Crippen LogP contribution in [0, 0.1) is 51.0 Å². The fourth-order valence-corrected chi connectivity index (χ4v) is 15.6. The van der Waals surface area contributed by atoms with Crippen LogP contribution in [0.4, 0.5) is 35.1 Å². The predicted octanol–water partition coefficient (Wildman–Crippen LogP) is 18.3. The molecule has 4 aliphatic rings. The molecular formula is C81H74F8N8O10. The van der Waals surface area contributed by atoms with E-state index in [2.05, 4.69) is 19.8 Å². The zero-order valence-corrected chi connectivity index (χ0v) is 59.2. The second-order valence-electron chi connectivity index (χ2n) is 27.7. The van der Waals surface area contributed by atoms with Crippen LogP contribution >= 0.6 is 0 Å². The molecule has 12 aromatic rings. The summed E-state index contributed by atoms with van der Waals surface area (Å²) in [7, 11) is 1.33. The minimum absolute atomic E-state index is 0.0572. The van der Waals surface area contributed by atoms with Crippen LogP contribution in [-0.2, 0) is 40.5 Å². The minimum atomic E-state index is -3.09. The number of esters is 1. The number of oxazole rings is 4. The van der Waals surface area contributed by atoms with Crippen molar-refractivity contribution in [2.75, 3.05) is 46.4 Å². The Labute approximate surface area is 608 Å². The molecule has 26 heteroatoms. The van der Waals surface area contributed by atoms with Crippen molar-refractivity contribution in [3.8, 4) is 79.6 Å². The van der Waals surface area contributed by atoms with Crippen molar-refractivity contribution in [2.24, 2.45) is 0 Å². The van der Waals surface area contributed by atoms with Gasteiger partial charge in [-0.3, -0.25) is 29.2 Å². The Morgan fingerprint density at radius 2 is 0.776 bits per heavy atom. The maximum Gasteiger partial charge on any atom is 0.387 e. The van der Waals surface area contributed by atoms with Gasteiger partial charge < -0.3 is 37.0 Å². The van der Waals surface area contributed by atoms with E-state index in [1.807, 2.05) is 105 Å². The smallest absolute Gasteiger partial charge is 0.387 e. The van der Waals surface area contributed by atoms with Crippen LogP contribution < -0.4 is 9.47 Å². The number of ether oxygens (including phenoxy) is 3. The molecule has 0 unspecified atom stereocenters. The predicted molar refractivity (Wildman–Crippen MR) is 383 cm³/mol. The maximum atomic E-state index is 15.3. The van der Waals surface area contributed by atoms with Gasteiger partial charge in [-0.25, -0.2) is 28.7 Å². The van der Waals surface area contributed by atoms with Gasteiger partial charge in [0.1, 0.15) is 45.6 Å². The number of fused-ring (bicyclic) bond motifs is 4. The lowest BCUT2D eigenvalue weighted by Gasteiger charge is -2.23. The molecule has 4 aliphatic heterocycles. The summed E-state index contributed by atoms with van der Waals surface area (Å²) in [5.41, 5.74) is 12.0. The van der Waals surface area contributed by atoms with Gasteiger partial charge in [0.05, 0.1) is 7.11 Å². The number of aromatic nitrogens is 4.